The van der Waals surface area contributed by atoms with Gasteiger partial charge in [0.25, 0.3) is 0 Å². The van der Waals surface area contributed by atoms with Gasteiger partial charge in [0.1, 0.15) is 11.7 Å². The third kappa shape index (κ3) is 3.26. The number of hydrogen-bond acceptors (Lipinski definition) is 6. The van der Waals surface area contributed by atoms with E-state index >= 15 is 0 Å². The molecule has 0 spiro atoms. The van der Waals surface area contributed by atoms with Crippen LogP contribution in [0.2, 0.25) is 0 Å². The number of benzene rings is 1. The van der Waals surface area contributed by atoms with Crippen molar-refractivity contribution in [3.8, 4) is 0 Å². The maximum atomic E-state index is 9.68. The minimum Gasteiger partial charge on any atom is -0.396 e. The zero-order chi connectivity index (χ0) is 16.0. The van der Waals surface area contributed by atoms with E-state index in [0.29, 0.717) is 6.61 Å². The van der Waals surface area contributed by atoms with Gasteiger partial charge in [-0.25, -0.2) is 0 Å². The third-order valence-corrected chi connectivity index (χ3v) is 3.84. The SMILES string of the molecule is [2H]OCC1[C@H](OC)OC(CO)(CO)[C@@H]1OCc1ccccc1. The summed E-state index contributed by atoms with van der Waals surface area (Å²) in [6.07, 6.45) is -1.37. The Labute approximate surface area is 125 Å². The van der Waals surface area contributed by atoms with Crippen LogP contribution < -0.4 is 0 Å². The molecule has 3 atom stereocenters. The monoisotopic (exact) mass is 299 g/mol. The fourth-order valence-electron chi connectivity index (χ4n) is 2.65. The van der Waals surface area contributed by atoms with Crippen LogP contribution in [0.4, 0.5) is 0 Å². The Balaban J connectivity index is 2.16. The summed E-state index contributed by atoms with van der Waals surface area (Å²) >= 11 is 0. The van der Waals surface area contributed by atoms with Crippen LogP contribution in [-0.2, 0) is 20.8 Å². The molecule has 1 heterocycles. The summed E-state index contributed by atoms with van der Waals surface area (Å²) in [6.45, 7) is -0.532. The van der Waals surface area contributed by atoms with Crippen LogP contribution in [0.1, 0.15) is 5.56 Å². The van der Waals surface area contributed by atoms with E-state index in [1.165, 1.54) is 7.11 Å². The van der Waals surface area contributed by atoms with Gasteiger partial charge in [0.2, 0.25) is 1.43 Å². The Morgan fingerprint density at radius 3 is 2.57 bits per heavy atom. The molecule has 21 heavy (non-hydrogen) atoms. The third-order valence-electron chi connectivity index (χ3n) is 3.84. The molecule has 0 aromatic heterocycles. The molecule has 1 saturated heterocycles. The van der Waals surface area contributed by atoms with Crippen LogP contribution in [0, 0.1) is 5.92 Å². The lowest BCUT2D eigenvalue weighted by Gasteiger charge is -2.31. The first kappa shape index (κ1) is 14.9. The van der Waals surface area contributed by atoms with Gasteiger partial charge in [-0.05, 0) is 5.56 Å². The molecule has 1 unspecified atom stereocenters. The van der Waals surface area contributed by atoms with Crippen molar-refractivity contribution in [2.24, 2.45) is 5.92 Å². The Morgan fingerprint density at radius 2 is 2.00 bits per heavy atom. The molecular formula is C15H22O6. The Kier molecular flexibility index (Phi) is 5.18. The highest BCUT2D eigenvalue weighted by Gasteiger charge is 2.55. The molecule has 2 rings (SSSR count). The summed E-state index contributed by atoms with van der Waals surface area (Å²) in [6, 6.07) is 9.54. The lowest BCUT2D eigenvalue weighted by molar-refractivity contribution is -0.200. The summed E-state index contributed by atoms with van der Waals surface area (Å²) in [7, 11) is 1.46. The molecule has 1 aromatic rings. The fourth-order valence-corrected chi connectivity index (χ4v) is 2.65. The number of hydrogen-bond donors (Lipinski definition) is 3. The molecule has 1 fully saturated rings. The number of methoxy groups -OCH3 is 1. The molecule has 0 radical (unpaired) electrons. The van der Waals surface area contributed by atoms with E-state index in [1.807, 2.05) is 30.3 Å². The van der Waals surface area contributed by atoms with Gasteiger partial charge >= 0.3 is 0 Å². The quantitative estimate of drug-likeness (QED) is 0.621. The average Bonchev–Trinajstić information content (AvgIpc) is 2.88. The first-order chi connectivity index (χ1) is 10.7. The minimum atomic E-state index is -1.28. The molecule has 0 bridgehead atoms. The van der Waals surface area contributed by atoms with E-state index in [9.17, 15) is 10.2 Å². The number of aliphatic hydroxyl groups is 3. The van der Waals surface area contributed by atoms with Crippen molar-refractivity contribution in [2.75, 3.05) is 26.9 Å². The van der Waals surface area contributed by atoms with Crippen molar-refractivity contribution < 1.29 is 29.5 Å². The van der Waals surface area contributed by atoms with Crippen molar-refractivity contribution in [2.45, 2.75) is 24.6 Å². The van der Waals surface area contributed by atoms with Gasteiger partial charge in [0.15, 0.2) is 6.29 Å². The fraction of sp³-hybridized carbons (Fsp3) is 0.600. The van der Waals surface area contributed by atoms with E-state index in [-0.39, 0.29) is 6.61 Å². The molecule has 1 aliphatic rings. The van der Waals surface area contributed by atoms with Crippen molar-refractivity contribution in [3.05, 3.63) is 35.9 Å². The van der Waals surface area contributed by atoms with Crippen molar-refractivity contribution in [3.63, 3.8) is 0 Å². The maximum absolute atomic E-state index is 9.68. The molecule has 118 valence electrons. The number of ether oxygens (including phenoxy) is 3. The highest BCUT2D eigenvalue weighted by Crippen LogP contribution is 2.38. The zero-order valence-corrected chi connectivity index (χ0v) is 12.0. The number of rotatable bonds is 8. The Bertz CT molecular complexity index is 439. The van der Waals surface area contributed by atoms with Crippen LogP contribution >= 0.6 is 0 Å². The summed E-state index contributed by atoms with van der Waals surface area (Å²) in [5, 5.41) is 23.8. The van der Waals surface area contributed by atoms with E-state index in [1.54, 1.807) is 0 Å². The van der Waals surface area contributed by atoms with Crippen LogP contribution in [0.3, 0.4) is 0 Å². The average molecular weight is 299 g/mol. The summed E-state index contributed by atoms with van der Waals surface area (Å²) < 4.78 is 23.7. The van der Waals surface area contributed by atoms with Crippen LogP contribution in [0.15, 0.2) is 30.3 Å². The molecule has 1 aliphatic heterocycles. The summed E-state index contributed by atoms with van der Waals surface area (Å²) in [4.78, 5) is 0. The van der Waals surface area contributed by atoms with Gasteiger partial charge in [0.05, 0.1) is 32.3 Å². The lowest BCUT2D eigenvalue weighted by Crippen LogP contribution is -2.50. The molecule has 3 N–H and O–H groups in total. The normalized spacial score (nSPS) is 28.5. The van der Waals surface area contributed by atoms with Gasteiger partial charge in [-0.2, -0.15) is 0 Å². The highest BCUT2D eigenvalue weighted by atomic mass is 16.7. The molecule has 6 heteroatoms. The van der Waals surface area contributed by atoms with Gasteiger partial charge < -0.3 is 29.5 Å². The molecule has 0 aliphatic carbocycles. The van der Waals surface area contributed by atoms with Gasteiger partial charge in [-0.15, -0.1) is 0 Å². The number of aliphatic hydroxyl groups excluding tert-OH is 3. The molecule has 0 amide bonds. The van der Waals surface area contributed by atoms with Gasteiger partial charge in [-0.3, -0.25) is 0 Å². The molecule has 6 nitrogen and oxygen atoms in total. The van der Waals surface area contributed by atoms with Gasteiger partial charge in [0, 0.05) is 7.11 Å². The highest BCUT2D eigenvalue weighted by molar-refractivity contribution is 5.13. The van der Waals surface area contributed by atoms with E-state index in [0.717, 1.165) is 5.56 Å². The molecular weight excluding hydrogens is 276 g/mol. The smallest absolute Gasteiger partial charge is 0.210 e. The van der Waals surface area contributed by atoms with Crippen molar-refractivity contribution >= 4 is 0 Å². The second-order valence-electron chi connectivity index (χ2n) is 5.15. The predicted molar refractivity (Wildman–Crippen MR) is 74.4 cm³/mol. The Morgan fingerprint density at radius 1 is 1.29 bits per heavy atom. The second kappa shape index (κ2) is 7.31. The van der Waals surface area contributed by atoms with E-state index in [4.69, 9.17) is 15.6 Å². The first-order valence-electron chi connectivity index (χ1n) is 7.27. The van der Waals surface area contributed by atoms with E-state index < -0.39 is 37.1 Å². The zero-order valence-electron chi connectivity index (χ0n) is 13.0. The van der Waals surface area contributed by atoms with Crippen molar-refractivity contribution in [1.29, 1.82) is 1.43 Å². The van der Waals surface area contributed by atoms with Crippen LogP contribution in [0.5, 0.6) is 0 Å². The second-order valence-corrected chi connectivity index (χ2v) is 5.15. The lowest BCUT2D eigenvalue weighted by atomic mass is 9.91. The first-order valence-corrected chi connectivity index (χ1v) is 6.86. The van der Waals surface area contributed by atoms with Crippen LogP contribution in [0.25, 0.3) is 0 Å². The summed E-state index contributed by atoms with van der Waals surface area (Å²) in [5.74, 6) is -0.425. The van der Waals surface area contributed by atoms with Crippen molar-refractivity contribution in [1.82, 2.24) is 0 Å². The molecule has 1 aromatic carbocycles. The standard InChI is InChI=1S/C15H22O6/c1-19-14-12(7-16)13(15(9-17,10-18)21-14)20-8-11-5-3-2-4-6-11/h2-6,12-14,16-18H,7-10H2,1H3/t12?,13-,14-/m1/s1/i16D. The summed E-state index contributed by atoms with van der Waals surface area (Å²) in [5.41, 5.74) is -0.322. The van der Waals surface area contributed by atoms with Crippen LogP contribution in [-0.4, -0.2) is 61.7 Å². The van der Waals surface area contributed by atoms with E-state index in [2.05, 4.69) is 5.11 Å². The topological polar surface area (TPSA) is 88.4 Å². The predicted octanol–water partition coefficient (Wildman–Crippen LogP) is -0.0936. The largest absolute Gasteiger partial charge is 0.396 e. The molecule has 0 saturated carbocycles. The minimum absolute atomic E-state index is 0.0136. The Hall–Kier alpha value is -1.02. The van der Waals surface area contributed by atoms with Gasteiger partial charge in [-0.1, -0.05) is 30.3 Å². The maximum Gasteiger partial charge on any atom is 0.210 e.